The van der Waals surface area contributed by atoms with Crippen molar-refractivity contribution >= 4 is 11.5 Å². The third-order valence-corrected chi connectivity index (χ3v) is 2.26. The molecule has 6 heteroatoms. The van der Waals surface area contributed by atoms with Crippen LogP contribution in [-0.4, -0.2) is 24.6 Å². The second-order valence-electron chi connectivity index (χ2n) is 3.30. The minimum absolute atomic E-state index is 0.482. The van der Waals surface area contributed by atoms with Gasteiger partial charge in [-0.05, 0) is 12.1 Å². The van der Waals surface area contributed by atoms with Crippen LogP contribution >= 0.6 is 0 Å². The quantitative estimate of drug-likeness (QED) is 0.644. The molecule has 3 aromatic rings. The number of nitrogens with two attached hydrogens (primary N) is 1. The smallest absolute Gasteiger partial charge is 0.171 e. The molecule has 0 aromatic carbocycles. The Kier molecular flexibility index (Phi) is 1.79. The molecule has 0 spiro atoms. The van der Waals surface area contributed by atoms with Gasteiger partial charge in [-0.3, -0.25) is 4.40 Å². The van der Waals surface area contributed by atoms with E-state index < -0.39 is 0 Å². The van der Waals surface area contributed by atoms with Gasteiger partial charge in [0.1, 0.15) is 12.1 Å². The van der Waals surface area contributed by atoms with E-state index in [1.165, 1.54) is 0 Å². The van der Waals surface area contributed by atoms with Gasteiger partial charge in [-0.25, -0.2) is 9.97 Å². The van der Waals surface area contributed by atoms with E-state index in [1.54, 1.807) is 35.3 Å². The Morgan fingerprint density at radius 1 is 1.12 bits per heavy atom. The van der Waals surface area contributed by atoms with Crippen LogP contribution in [0.1, 0.15) is 0 Å². The molecule has 3 heterocycles. The maximum Gasteiger partial charge on any atom is 0.171 e. The molecule has 0 unspecified atom stereocenters. The van der Waals surface area contributed by atoms with Crippen molar-refractivity contribution in [2.45, 2.75) is 0 Å². The molecule has 3 rings (SSSR count). The molecule has 0 aliphatic carbocycles. The number of hydrogen-bond donors (Lipinski definition) is 1. The van der Waals surface area contributed by atoms with Crippen LogP contribution in [0.5, 0.6) is 0 Å². The van der Waals surface area contributed by atoms with Gasteiger partial charge in [0, 0.05) is 24.0 Å². The average molecular weight is 212 g/mol. The zero-order valence-electron chi connectivity index (χ0n) is 8.28. The Balaban J connectivity index is 2.22. The fourth-order valence-electron chi connectivity index (χ4n) is 1.48. The van der Waals surface area contributed by atoms with Crippen molar-refractivity contribution in [3.63, 3.8) is 0 Å². The molecule has 78 valence electrons. The van der Waals surface area contributed by atoms with Crippen LogP contribution in [0.25, 0.3) is 17.0 Å². The van der Waals surface area contributed by atoms with Gasteiger partial charge >= 0.3 is 0 Å². The van der Waals surface area contributed by atoms with Gasteiger partial charge in [-0.1, -0.05) is 0 Å². The third kappa shape index (κ3) is 1.28. The minimum Gasteiger partial charge on any atom is -0.384 e. The van der Waals surface area contributed by atoms with E-state index >= 15 is 0 Å². The Morgan fingerprint density at radius 3 is 2.88 bits per heavy atom. The lowest BCUT2D eigenvalue weighted by Crippen LogP contribution is -1.93. The van der Waals surface area contributed by atoms with Gasteiger partial charge in [-0.2, -0.15) is 0 Å². The fourth-order valence-corrected chi connectivity index (χ4v) is 1.48. The first-order valence-corrected chi connectivity index (χ1v) is 4.71. The monoisotopic (exact) mass is 212 g/mol. The van der Waals surface area contributed by atoms with Crippen LogP contribution < -0.4 is 5.73 Å². The van der Waals surface area contributed by atoms with Crippen molar-refractivity contribution in [3.05, 3.63) is 36.9 Å². The molecular formula is C10H8N6. The normalized spacial score (nSPS) is 10.8. The van der Waals surface area contributed by atoms with Crippen molar-refractivity contribution in [1.82, 2.24) is 24.6 Å². The molecule has 0 saturated carbocycles. The van der Waals surface area contributed by atoms with Crippen LogP contribution in [0, 0.1) is 0 Å². The summed E-state index contributed by atoms with van der Waals surface area (Å²) < 4.78 is 1.80. The molecule has 3 aromatic heterocycles. The molecule has 16 heavy (non-hydrogen) atoms. The highest BCUT2D eigenvalue weighted by Gasteiger charge is 2.07. The van der Waals surface area contributed by atoms with E-state index in [9.17, 15) is 0 Å². The average Bonchev–Trinajstić information content (AvgIpc) is 2.74. The Hall–Kier alpha value is -2.50. The highest BCUT2D eigenvalue weighted by Crippen LogP contribution is 2.16. The second kappa shape index (κ2) is 3.27. The van der Waals surface area contributed by atoms with E-state index in [2.05, 4.69) is 20.2 Å². The molecule has 2 N–H and O–H groups in total. The Bertz CT molecular complexity index is 627. The van der Waals surface area contributed by atoms with E-state index in [0.29, 0.717) is 11.6 Å². The molecule has 0 saturated heterocycles. The number of nitrogen functional groups attached to an aromatic ring is 1. The predicted molar refractivity (Wildman–Crippen MR) is 58.4 cm³/mol. The van der Waals surface area contributed by atoms with Gasteiger partial charge in [0.15, 0.2) is 11.5 Å². The summed E-state index contributed by atoms with van der Waals surface area (Å²) in [5.74, 6) is 1.19. The summed E-state index contributed by atoms with van der Waals surface area (Å²) in [6.07, 6.45) is 5.01. The molecule has 6 nitrogen and oxygen atoms in total. The SMILES string of the molecule is Nc1ccc(-c2nnc3ccncn23)cn1. The third-order valence-electron chi connectivity index (χ3n) is 2.26. The standard InChI is InChI=1S/C10H8N6/c11-8-2-1-7(5-13-8)10-15-14-9-3-4-12-6-16(9)10/h1-6H,(H2,11,13). The van der Waals surface area contributed by atoms with Crippen molar-refractivity contribution in [2.24, 2.45) is 0 Å². The highest BCUT2D eigenvalue weighted by molar-refractivity contribution is 5.59. The Labute approximate surface area is 90.8 Å². The fraction of sp³-hybridized carbons (Fsp3) is 0. The van der Waals surface area contributed by atoms with Crippen molar-refractivity contribution in [1.29, 1.82) is 0 Å². The van der Waals surface area contributed by atoms with Crippen LogP contribution in [-0.2, 0) is 0 Å². The number of pyridine rings is 1. The predicted octanol–water partition coefficient (Wildman–Crippen LogP) is 0.768. The van der Waals surface area contributed by atoms with Crippen molar-refractivity contribution in [2.75, 3.05) is 5.73 Å². The molecular weight excluding hydrogens is 204 g/mol. The summed E-state index contributed by atoms with van der Waals surface area (Å²) in [5, 5.41) is 8.12. The van der Waals surface area contributed by atoms with Gasteiger partial charge in [0.25, 0.3) is 0 Å². The summed E-state index contributed by atoms with van der Waals surface area (Å²) in [5.41, 5.74) is 7.13. The molecule has 0 aliphatic rings. The topological polar surface area (TPSA) is 82.0 Å². The minimum atomic E-state index is 0.482. The van der Waals surface area contributed by atoms with Gasteiger partial charge in [0.05, 0.1) is 0 Å². The maximum absolute atomic E-state index is 5.53. The second-order valence-corrected chi connectivity index (χ2v) is 3.30. The number of anilines is 1. The highest BCUT2D eigenvalue weighted by atomic mass is 15.3. The summed E-state index contributed by atoms with van der Waals surface area (Å²) in [4.78, 5) is 8.04. The summed E-state index contributed by atoms with van der Waals surface area (Å²) >= 11 is 0. The first-order valence-electron chi connectivity index (χ1n) is 4.71. The van der Waals surface area contributed by atoms with Gasteiger partial charge in [0.2, 0.25) is 0 Å². The van der Waals surface area contributed by atoms with Crippen LogP contribution in [0.3, 0.4) is 0 Å². The van der Waals surface area contributed by atoms with Crippen molar-refractivity contribution in [3.8, 4) is 11.4 Å². The van der Waals surface area contributed by atoms with Crippen molar-refractivity contribution < 1.29 is 0 Å². The molecule has 0 atom stereocenters. The number of aromatic nitrogens is 5. The number of nitrogens with zero attached hydrogens (tertiary/aromatic N) is 5. The number of hydrogen-bond acceptors (Lipinski definition) is 5. The van der Waals surface area contributed by atoms with Crippen LogP contribution in [0.2, 0.25) is 0 Å². The number of rotatable bonds is 1. The van der Waals surface area contributed by atoms with Crippen LogP contribution in [0.15, 0.2) is 36.9 Å². The van der Waals surface area contributed by atoms with Gasteiger partial charge < -0.3 is 5.73 Å². The zero-order valence-corrected chi connectivity index (χ0v) is 8.28. The van der Waals surface area contributed by atoms with E-state index in [1.807, 2.05) is 6.07 Å². The molecule has 0 fully saturated rings. The molecule has 0 radical (unpaired) electrons. The summed E-state index contributed by atoms with van der Waals surface area (Å²) in [7, 11) is 0. The number of fused-ring (bicyclic) bond motifs is 1. The zero-order chi connectivity index (χ0) is 11.0. The first kappa shape index (κ1) is 8.78. The lowest BCUT2D eigenvalue weighted by atomic mass is 10.2. The van der Waals surface area contributed by atoms with E-state index in [-0.39, 0.29) is 0 Å². The summed E-state index contributed by atoms with van der Waals surface area (Å²) in [6.45, 7) is 0. The molecule has 0 bridgehead atoms. The molecule has 0 aliphatic heterocycles. The lowest BCUT2D eigenvalue weighted by molar-refractivity contribution is 1.07. The van der Waals surface area contributed by atoms with E-state index in [0.717, 1.165) is 11.2 Å². The first-order chi connectivity index (χ1) is 7.84. The maximum atomic E-state index is 5.53. The van der Waals surface area contributed by atoms with E-state index in [4.69, 9.17) is 5.73 Å². The van der Waals surface area contributed by atoms with Crippen LogP contribution in [0.4, 0.5) is 5.82 Å². The van der Waals surface area contributed by atoms with Gasteiger partial charge in [-0.15, -0.1) is 10.2 Å². The largest absolute Gasteiger partial charge is 0.384 e. The summed E-state index contributed by atoms with van der Waals surface area (Å²) in [6, 6.07) is 5.37. The lowest BCUT2D eigenvalue weighted by Gasteiger charge is -1.98. The molecule has 0 amide bonds. The Morgan fingerprint density at radius 2 is 2.06 bits per heavy atom.